The summed E-state index contributed by atoms with van der Waals surface area (Å²) in [7, 11) is 0. The minimum absolute atomic E-state index is 0.0157. The van der Waals surface area contributed by atoms with Crippen LogP contribution in [0, 0.1) is 17.3 Å². The van der Waals surface area contributed by atoms with Crippen LogP contribution in [0.25, 0.3) is 0 Å². The molecular weight excluding hydrogens is 420 g/mol. The van der Waals surface area contributed by atoms with Crippen molar-refractivity contribution >= 4 is 23.8 Å². The first-order valence-corrected chi connectivity index (χ1v) is 12.7. The van der Waals surface area contributed by atoms with Gasteiger partial charge in [-0.25, -0.2) is 4.79 Å². The van der Waals surface area contributed by atoms with Crippen molar-refractivity contribution in [2.75, 3.05) is 19.6 Å². The second-order valence-corrected chi connectivity index (χ2v) is 11.4. The molecule has 0 radical (unpaired) electrons. The zero-order valence-corrected chi connectivity index (χ0v) is 21.0. The summed E-state index contributed by atoms with van der Waals surface area (Å²) in [6.45, 7) is 11.4. The molecule has 33 heavy (non-hydrogen) atoms. The molecule has 186 valence electrons. The molecule has 1 spiro atoms. The molecule has 2 aliphatic heterocycles. The smallest absolute Gasteiger partial charge is 0.325 e. The number of hydrogen-bond acceptors (Lipinski definition) is 4. The number of carbonyl (C=O) groups excluding carboxylic acids is 4. The van der Waals surface area contributed by atoms with Crippen molar-refractivity contribution in [2.24, 2.45) is 17.3 Å². The van der Waals surface area contributed by atoms with Crippen LogP contribution in [-0.2, 0) is 14.4 Å². The van der Waals surface area contributed by atoms with Crippen LogP contribution in [0.2, 0.25) is 0 Å². The van der Waals surface area contributed by atoms with Gasteiger partial charge in [0.05, 0.1) is 5.92 Å². The maximum absolute atomic E-state index is 13.2. The Morgan fingerprint density at radius 1 is 1.18 bits per heavy atom. The van der Waals surface area contributed by atoms with Crippen molar-refractivity contribution in [3.05, 3.63) is 0 Å². The van der Waals surface area contributed by atoms with Gasteiger partial charge in [-0.3, -0.25) is 19.3 Å². The van der Waals surface area contributed by atoms with Gasteiger partial charge >= 0.3 is 6.03 Å². The fourth-order valence-corrected chi connectivity index (χ4v) is 5.65. The van der Waals surface area contributed by atoms with Gasteiger partial charge in [0.2, 0.25) is 11.8 Å². The van der Waals surface area contributed by atoms with E-state index in [4.69, 9.17) is 0 Å². The molecule has 0 aromatic carbocycles. The SMILES string of the molecule is CCCC(C)NC(=O)C1CCCN(C(=O)CN2C(=O)NC3(CCC(C(C)(C)C)CC3)C2=O)C1. The second kappa shape index (κ2) is 10.0. The number of carbonyl (C=O) groups is 4. The van der Waals surface area contributed by atoms with E-state index in [1.165, 1.54) is 0 Å². The molecule has 0 bridgehead atoms. The number of piperidine rings is 1. The molecule has 3 aliphatic rings. The molecule has 0 aromatic heterocycles. The summed E-state index contributed by atoms with van der Waals surface area (Å²) in [5.74, 6) is -0.284. The van der Waals surface area contributed by atoms with Gasteiger partial charge in [0.15, 0.2) is 0 Å². The highest BCUT2D eigenvalue weighted by Crippen LogP contribution is 2.43. The molecular formula is C25H42N4O4. The average Bonchev–Trinajstić information content (AvgIpc) is 2.97. The van der Waals surface area contributed by atoms with Crippen LogP contribution in [0.3, 0.4) is 0 Å². The van der Waals surface area contributed by atoms with E-state index in [-0.39, 0.29) is 41.6 Å². The van der Waals surface area contributed by atoms with E-state index in [0.29, 0.717) is 31.8 Å². The highest BCUT2D eigenvalue weighted by molar-refractivity contribution is 6.09. The third-order valence-electron chi connectivity index (χ3n) is 7.86. The molecule has 2 N–H and O–H groups in total. The summed E-state index contributed by atoms with van der Waals surface area (Å²) in [6.07, 6.45) is 6.41. The Hall–Kier alpha value is -2.12. The molecule has 3 fully saturated rings. The van der Waals surface area contributed by atoms with E-state index in [0.717, 1.165) is 43.4 Å². The Labute approximate surface area is 198 Å². The molecule has 2 atom stereocenters. The van der Waals surface area contributed by atoms with Gasteiger partial charge in [0.1, 0.15) is 12.1 Å². The lowest BCUT2D eigenvalue weighted by atomic mass is 9.67. The quantitative estimate of drug-likeness (QED) is 0.593. The highest BCUT2D eigenvalue weighted by atomic mass is 16.2. The van der Waals surface area contributed by atoms with E-state index in [9.17, 15) is 19.2 Å². The summed E-state index contributed by atoms with van der Waals surface area (Å²) in [5, 5.41) is 5.96. The molecule has 0 aromatic rings. The van der Waals surface area contributed by atoms with Gasteiger partial charge in [0.25, 0.3) is 5.91 Å². The number of rotatable bonds is 6. The fourth-order valence-electron chi connectivity index (χ4n) is 5.65. The maximum Gasteiger partial charge on any atom is 0.325 e. The Balaban J connectivity index is 1.57. The van der Waals surface area contributed by atoms with Crippen LogP contribution in [0.4, 0.5) is 4.79 Å². The van der Waals surface area contributed by atoms with E-state index in [2.05, 4.69) is 38.3 Å². The molecule has 1 aliphatic carbocycles. The van der Waals surface area contributed by atoms with Crippen LogP contribution in [0.15, 0.2) is 0 Å². The number of urea groups is 1. The van der Waals surface area contributed by atoms with Crippen molar-refractivity contribution in [1.29, 1.82) is 0 Å². The Bertz CT molecular complexity index is 767. The van der Waals surface area contributed by atoms with Gasteiger partial charge in [-0.05, 0) is 63.2 Å². The second-order valence-electron chi connectivity index (χ2n) is 11.4. The lowest BCUT2D eigenvalue weighted by Gasteiger charge is -2.40. The predicted octanol–water partition coefficient (Wildman–Crippen LogP) is 3.06. The van der Waals surface area contributed by atoms with E-state index < -0.39 is 11.6 Å². The number of amides is 5. The minimum atomic E-state index is -0.862. The average molecular weight is 463 g/mol. The first kappa shape index (κ1) is 25.5. The normalized spacial score (nSPS) is 29.2. The predicted molar refractivity (Wildman–Crippen MR) is 126 cm³/mol. The molecule has 3 rings (SSSR count). The summed E-state index contributed by atoms with van der Waals surface area (Å²) >= 11 is 0. The van der Waals surface area contributed by atoms with Crippen molar-refractivity contribution in [1.82, 2.24) is 20.4 Å². The molecule has 2 unspecified atom stereocenters. The van der Waals surface area contributed by atoms with Crippen molar-refractivity contribution < 1.29 is 19.2 Å². The lowest BCUT2D eigenvalue weighted by molar-refractivity contribution is -0.142. The first-order chi connectivity index (χ1) is 15.5. The van der Waals surface area contributed by atoms with Crippen LogP contribution >= 0.6 is 0 Å². The third-order valence-corrected chi connectivity index (χ3v) is 7.86. The lowest BCUT2D eigenvalue weighted by Crippen LogP contribution is -2.52. The number of nitrogens with zero attached hydrogens (tertiary/aromatic N) is 2. The zero-order valence-electron chi connectivity index (χ0n) is 21.0. The Morgan fingerprint density at radius 2 is 1.85 bits per heavy atom. The molecule has 2 saturated heterocycles. The van der Waals surface area contributed by atoms with E-state index in [1.807, 2.05) is 6.92 Å². The highest BCUT2D eigenvalue weighted by Gasteiger charge is 2.53. The molecule has 2 heterocycles. The van der Waals surface area contributed by atoms with Crippen LogP contribution < -0.4 is 10.6 Å². The van der Waals surface area contributed by atoms with Gasteiger partial charge in [-0.15, -0.1) is 0 Å². The van der Waals surface area contributed by atoms with Gasteiger partial charge in [-0.1, -0.05) is 34.1 Å². The number of hydrogen-bond donors (Lipinski definition) is 2. The van der Waals surface area contributed by atoms with Crippen LogP contribution in [-0.4, -0.2) is 64.8 Å². The van der Waals surface area contributed by atoms with Crippen molar-refractivity contribution in [3.63, 3.8) is 0 Å². The van der Waals surface area contributed by atoms with Gasteiger partial charge in [0, 0.05) is 19.1 Å². The van der Waals surface area contributed by atoms with Crippen molar-refractivity contribution in [2.45, 2.75) is 97.6 Å². The Kier molecular flexibility index (Phi) is 7.74. The zero-order chi connectivity index (χ0) is 24.4. The maximum atomic E-state index is 13.2. The van der Waals surface area contributed by atoms with Gasteiger partial charge < -0.3 is 15.5 Å². The topological polar surface area (TPSA) is 98.8 Å². The Morgan fingerprint density at radius 3 is 2.45 bits per heavy atom. The van der Waals surface area contributed by atoms with Gasteiger partial charge in [-0.2, -0.15) is 0 Å². The largest absolute Gasteiger partial charge is 0.353 e. The molecule has 5 amide bonds. The number of likely N-dealkylation sites (tertiary alicyclic amines) is 1. The monoisotopic (exact) mass is 462 g/mol. The number of nitrogens with one attached hydrogen (secondary N) is 2. The minimum Gasteiger partial charge on any atom is -0.353 e. The van der Waals surface area contributed by atoms with E-state index in [1.54, 1.807) is 4.90 Å². The molecule has 8 nitrogen and oxygen atoms in total. The number of imide groups is 1. The molecule has 8 heteroatoms. The summed E-state index contributed by atoms with van der Waals surface area (Å²) < 4.78 is 0. The van der Waals surface area contributed by atoms with Crippen LogP contribution in [0.5, 0.6) is 0 Å². The third kappa shape index (κ3) is 5.69. The summed E-state index contributed by atoms with van der Waals surface area (Å²) in [4.78, 5) is 54.3. The standard InChI is InChI=1S/C25H42N4O4/c1-6-8-17(2)26-21(31)18-9-7-14-28(15-18)20(30)16-29-22(32)25(27-23(29)33)12-10-19(11-13-25)24(3,4)5/h17-19H,6-16H2,1-5H3,(H,26,31)(H,27,33). The fraction of sp³-hybridized carbons (Fsp3) is 0.840. The molecule has 1 saturated carbocycles. The van der Waals surface area contributed by atoms with Crippen LogP contribution in [0.1, 0.15) is 86.0 Å². The first-order valence-electron chi connectivity index (χ1n) is 12.7. The van der Waals surface area contributed by atoms with E-state index >= 15 is 0 Å². The van der Waals surface area contributed by atoms with Crippen molar-refractivity contribution in [3.8, 4) is 0 Å². The summed E-state index contributed by atoms with van der Waals surface area (Å²) in [6, 6.07) is -0.355. The summed E-state index contributed by atoms with van der Waals surface area (Å²) in [5.41, 5.74) is -0.687.